The third-order valence-corrected chi connectivity index (χ3v) is 6.76. The Labute approximate surface area is 204 Å². The number of aromatic nitrogens is 6. The quantitative estimate of drug-likeness (QED) is 0.333. The minimum absolute atomic E-state index is 0.111. The van der Waals surface area contributed by atoms with Crippen molar-refractivity contribution in [2.75, 3.05) is 5.32 Å². The topological polar surface area (TPSA) is 83.8 Å². The van der Waals surface area contributed by atoms with Crippen molar-refractivity contribution in [2.45, 2.75) is 51.2 Å². The van der Waals surface area contributed by atoms with Crippen molar-refractivity contribution in [3.05, 3.63) is 71.3 Å². The van der Waals surface area contributed by atoms with Gasteiger partial charge in [-0.1, -0.05) is 32.0 Å². The largest absolute Gasteiger partial charge is 0.433 e. The van der Waals surface area contributed by atoms with Crippen molar-refractivity contribution in [3.8, 4) is 11.4 Å². The smallest absolute Gasteiger partial charge is 0.358 e. The van der Waals surface area contributed by atoms with Crippen LogP contribution < -0.4 is 5.32 Å². The van der Waals surface area contributed by atoms with E-state index in [1.807, 2.05) is 26.0 Å². The molecule has 5 aromatic rings. The van der Waals surface area contributed by atoms with Gasteiger partial charge in [-0.05, 0) is 48.9 Å². The van der Waals surface area contributed by atoms with E-state index in [0.717, 1.165) is 36.4 Å². The molecule has 1 aliphatic carbocycles. The van der Waals surface area contributed by atoms with Gasteiger partial charge in [0.2, 0.25) is 5.95 Å². The highest BCUT2D eigenvalue weighted by Gasteiger charge is 2.32. The first-order valence-electron chi connectivity index (χ1n) is 11.9. The highest BCUT2D eigenvalue weighted by molar-refractivity contribution is 5.85. The monoisotopic (exact) mass is 491 g/mol. The van der Waals surface area contributed by atoms with Crippen LogP contribution in [0.25, 0.3) is 27.9 Å². The van der Waals surface area contributed by atoms with Gasteiger partial charge in [-0.15, -0.1) is 0 Å². The number of benzene rings is 1. The molecule has 1 atom stereocenters. The number of alkyl halides is 3. The van der Waals surface area contributed by atoms with Crippen LogP contribution in [-0.4, -0.2) is 35.6 Å². The molecule has 1 aromatic carbocycles. The molecule has 0 saturated carbocycles. The Morgan fingerprint density at radius 1 is 1.08 bits per heavy atom. The van der Waals surface area contributed by atoms with E-state index in [9.17, 15) is 13.2 Å². The zero-order chi connectivity index (χ0) is 25.0. The van der Waals surface area contributed by atoms with E-state index in [1.54, 1.807) is 10.7 Å². The fraction of sp³-hybridized carbons (Fsp3) is 0.308. The Morgan fingerprint density at radius 2 is 1.92 bits per heavy atom. The summed E-state index contributed by atoms with van der Waals surface area (Å²) in [6, 6.07) is 10.7. The van der Waals surface area contributed by atoms with E-state index in [-0.39, 0.29) is 12.0 Å². The molecule has 6 rings (SSSR count). The summed E-state index contributed by atoms with van der Waals surface area (Å²) >= 11 is 0. The van der Waals surface area contributed by atoms with Crippen LogP contribution in [-0.2, 0) is 19.0 Å². The van der Waals surface area contributed by atoms with Crippen LogP contribution in [0.5, 0.6) is 0 Å². The molecule has 1 aliphatic rings. The van der Waals surface area contributed by atoms with E-state index in [0.29, 0.717) is 23.0 Å². The van der Waals surface area contributed by atoms with Crippen molar-refractivity contribution in [2.24, 2.45) is 0 Å². The second-order valence-electron chi connectivity index (χ2n) is 9.50. The Kier molecular flexibility index (Phi) is 5.20. The van der Waals surface area contributed by atoms with Gasteiger partial charge >= 0.3 is 6.18 Å². The lowest BCUT2D eigenvalue weighted by molar-refractivity contribution is -0.141. The average Bonchev–Trinajstić information content (AvgIpc) is 3.45. The van der Waals surface area contributed by atoms with Gasteiger partial charge in [-0.3, -0.25) is 4.98 Å². The summed E-state index contributed by atoms with van der Waals surface area (Å²) in [6.45, 7) is 4.09. The predicted octanol–water partition coefficient (Wildman–Crippen LogP) is 5.78. The molecule has 0 saturated heterocycles. The van der Waals surface area contributed by atoms with E-state index in [2.05, 4.69) is 42.5 Å². The first kappa shape index (κ1) is 22.5. The molecule has 7 nitrogen and oxygen atoms in total. The molecule has 0 bridgehead atoms. The maximum Gasteiger partial charge on any atom is 0.433 e. The normalized spacial score (nSPS) is 16.1. The average molecular weight is 492 g/mol. The lowest BCUT2D eigenvalue weighted by atomic mass is 9.91. The Morgan fingerprint density at radius 3 is 2.67 bits per heavy atom. The summed E-state index contributed by atoms with van der Waals surface area (Å²) in [5.74, 6) is 0.972. The highest BCUT2D eigenvalue weighted by Crippen LogP contribution is 2.32. The van der Waals surface area contributed by atoms with Gasteiger partial charge < -0.3 is 10.3 Å². The van der Waals surface area contributed by atoms with Crippen LogP contribution in [0.15, 0.2) is 48.8 Å². The summed E-state index contributed by atoms with van der Waals surface area (Å²) in [7, 11) is 0. The zero-order valence-electron chi connectivity index (χ0n) is 19.8. The molecule has 36 heavy (non-hydrogen) atoms. The molecule has 0 spiro atoms. The summed E-state index contributed by atoms with van der Waals surface area (Å²) in [5, 5.41) is 9.31. The minimum Gasteiger partial charge on any atom is -0.358 e. The third kappa shape index (κ3) is 3.86. The second kappa shape index (κ2) is 8.32. The van der Waals surface area contributed by atoms with Gasteiger partial charge in [0.1, 0.15) is 5.69 Å². The minimum atomic E-state index is -4.51. The predicted molar refractivity (Wildman–Crippen MR) is 131 cm³/mol. The van der Waals surface area contributed by atoms with Crippen molar-refractivity contribution in [1.82, 2.24) is 29.5 Å². The molecule has 0 aliphatic heterocycles. The number of hydrogen-bond donors (Lipinski definition) is 2. The molecule has 4 heterocycles. The van der Waals surface area contributed by atoms with Crippen molar-refractivity contribution in [3.63, 3.8) is 0 Å². The Hall–Kier alpha value is -3.95. The fourth-order valence-corrected chi connectivity index (χ4v) is 4.89. The van der Waals surface area contributed by atoms with Crippen molar-refractivity contribution < 1.29 is 13.2 Å². The summed E-state index contributed by atoms with van der Waals surface area (Å²) < 4.78 is 40.7. The van der Waals surface area contributed by atoms with E-state index in [1.165, 1.54) is 28.9 Å². The number of anilines is 1. The number of H-pyrrole nitrogens is 1. The molecule has 184 valence electrons. The lowest BCUT2D eigenvalue weighted by Gasteiger charge is -2.24. The molecular weight excluding hydrogens is 467 g/mol. The van der Waals surface area contributed by atoms with Crippen molar-refractivity contribution >= 4 is 22.5 Å². The van der Waals surface area contributed by atoms with Gasteiger partial charge in [-0.25, -0.2) is 4.98 Å². The molecule has 0 amide bonds. The van der Waals surface area contributed by atoms with Crippen LogP contribution in [0.2, 0.25) is 0 Å². The van der Waals surface area contributed by atoms with E-state index >= 15 is 0 Å². The van der Waals surface area contributed by atoms with Crippen LogP contribution in [0.1, 0.15) is 48.7 Å². The molecule has 0 fully saturated rings. The SMILES string of the molecule is CC(C)c1cnn2c(NC3CCc4[nH]c5ccccc5c4C3)nc(-c3ccc(C(F)(F)F)nc3)nc12. The number of aryl methyl sites for hydroxylation is 1. The van der Waals surface area contributed by atoms with Gasteiger partial charge in [0.05, 0.1) is 6.20 Å². The maximum atomic E-state index is 13.0. The number of hydrogen-bond acceptors (Lipinski definition) is 5. The Balaban J connectivity index is 1.39. The third-order valence-electron chi connectivity index (χ3n) is 6.76. The van der Waals surface area contributed by atoms with Crippen molar-refractivity contribution in [1.29, 1.82) is 0 Å². The fourth-order valence-electron chi connectivity index (χ4n) is 4.89. The molecule has 0 radical (unpaired) electrons. The number of fused-ring (bicyclic) bond motifs is 4. The number of halogens is 3. The molecule has 1 unspecified atom stereocenters. The number of para-hydroxylation sites is 1. The number of nitrogens with zero attached hydrogens (tertiary/aromatic N) is 5. The summed E-state index contributed by atoms with van der Waals surface area (Å²) in [4.78, 5) is 16.5. The summed E-state index contributed by atoms with van der Waals surface area (Å²) in [5.41, 5.74) is 4.72. The number of rotatable bonds is 4. The zero-order valence-corrected chi connectivity index (χ0v) is 19.8. The highest BCUT2D eigenvalue weighted by atomic mass is 19.4. The Bertz CT molecular complexity index is 1560. The lowest BCUT2D eigenvalue weighted by Crippen LogP contribution is -2.29. The first-order chi connectivity index (χ1) is 17.3. The molecule has 2 N–H and O–H groups in total. The van der Waals surface area contributed by atoms with Gasteiger partial charge in [0.25, 0.3) is 0 Å². The second-order valence-corrected chi connectivity index (χ2v) is 9.50. The molecule has 4 aromatic heterocycles. The number of pyridine rings is 1. The molecular formula is C26H24F3N7. The first-order valence-corrected chi connectivity index (χ1v) is 11.9. The molecule has 10 heteroatoms. The summed E-state index contributed by atoms with van der Waals surface area (Å²) in [6.07, 6.45) is 1.06. The van der Waals surface area contributed by atoms with Crippen LogP contribution in [0, 0.1) is 0 Å². The standard InChI is InChI=1S/C26H24F3N7/c1-14(2)19-13-31-36-24(19)34-23(15-7-10-22(30-12-15)26(27,28)29)35-25(36)32-16-8-9-21-18(11-16)17-5-3-4-6-20(17)33-21/h3-7,10,12-14,16,33H,8-9,11H2,1-2H3,(H,32,34,35). The van der Waals surface area contributed by atoms with Gasteiger partial charge in [0.15, 0.2) is 11.5 Å². The van der Waals surface area contributed by atoms with Crippen LogP contribution >= 0.6 is 0 Å². The number of nitrogens with one attached hydrogen (secondary N) is 2. The maximum absolute atomic E-state index is 13.0. The van der Waals surface area contributed by atoms with Gasteiger partial charge in [-0.2, -0.15) is 27.8 Å². The van der Waals surface area contributed by atoms with E-state index in [4.69, 9.17) is 0 Å². The van der Waals surface area contributed by atoms with Crippen LogP contribution in [0.3, 0.4) is 0 Å². The van der Waals surface area contributed by atoms with E-state index < -0.39 is 11.9 Å². The van der Waals surface area contributed by atoms with Gasteiger partial charge in [0, 0.05) is 40.0 Å². The van der Waals surface area contributed by atoms with Crippen LogP contribution in [0.4, 0.5) is 19.1 Å². The number of aromatic amines is 1.